The third-order valence-corrected chi connectivity index (χ3v) is 2.92. The first kappa shape index (κ1) is 9.21. The fourth-order valence-electron chi connectivity index (χ4n) is 1.30. The number of thiazole rings is 1. The van der Waals surface area contributed by atoms with Gasteiger partial charge in [0.15, 0.2) is 5.13 Å². The molecule has 0 atom stereocenters. The molecule has 2 rings (SSSR count). The Labute approximate surface area is 86.4 Å². The van der Waals surface area contributed by atoms with E-state index in [-0.39, 0.29) is 0 Å². The summed E-state index contributed by atoms with van der Waals surface area (Å²) in [5.74, 6) is 0. The van der Waals surface area contributed by atoms with Crippen molar-refractivity contribution in [2.45, 2.75) is 13.3 Å². The van der Waals surface area contributed by atoms with Crippen molar-refractivity contribution in [3.63, 3.8) is 0 Å². The lowest BCUT2D eigenvalue weighted by atomic mass is 10.3. The van der Waals surface area contributed by atoms with Gasteiger partial charge in [-0.05, 0) is 13.0 Å². The first-order valence-electron chi connectivity index (χ1n) is 4.35. The van der Waals surface area contributed by atoms with Gasteiger partial charge in [0, 0.05) is 30.2 Å². The zero-order chi connectivity index (χ0) is 10.1. The van der Waals surface area contributed by atoms with E-state index < -0.39 is 0 Å². The van der Waals surface area contributed by atoms with E-state index >= 15 is 0 Å². The van der Waals surface area contributed by atoms with Crippen molar-refractivity contribution in [3.05, 3.63) is 28.5 Å². The second-order valence-corrected chi connectivity index (χ2v) is 4.39. The molecular weight excluding hydrogens is 196 g/mol. The summed E-state index contributed by atoms with van der Waals surface area (Å²) < 4.78 is 1.87. The molecule has 0 radical (unpaired) electrons. The van der Waals surface area contributed by atoms with Gasteiger partial charge < -0.3 is 5.73 Å². The van der Waals surface area contributed by atoms with Crippen molar-refractivity contribution in [2.75, 3.05) is 5.73 Å². The Kier molecular flexibility index (Phi) is 2.25. The Morgan fingerprint density at radius 3 is 2.86 bits per heavy atom. The molecule has 0 unspecified atom stereocenters. The Morgan fingerprint density at radius 2 is 2.36 bits per heavy atom. The Hall–Kier alpha value is -1.36. The molecule has 5 heteroatoms. The highest BCUT2D eigenvalue weighted by atomic mass is 32.1. The maximum absolute atomic E-state index is 5.55. The molecule has 0 saturated heterocycles. The number of nitrogens with zero attached hydrogens (tertiary/aromatic N) is 3. The first-order chi connectivity index (χ1) is 6.65. The predicted octanol–water partition coefficient (Wildman–Crippen LogP) is 1.36. The number of hydrogen-bond donors (Lipinski definition) is 1. The normalized spacial score (nSPS) is 10.7. The Morgan fingerprint density at radius 1 is 1.57 bits per heavy atom. The van der Waals surface area contributed by atoms with Crippen LogP contribution in [0.4, 0.5) is 5.13 Å². The molecule has 2 aromatic rings. The van der Waals surface area contributed by atoms with Gasteiger partial charge in [-0.15, -0.1) is 11.3 Å². The van der Waals surface area contributed by atoms with Crippen molar-refractivity contribution < 1.29 is 0 Å². The predicted molar refractivity (Wildman–Crippen MR) is 57.3 cm³/mol. The number of rotatable bonds is 2. The van der Waals surface area contributed by atoms with Gasteiger partial charge in [0.05, 0.1) is 5.69 Å². The first-order valence-corrected chi connectivity index (χ1v) is 5.16. The van der Waals surface area contributed by atoms with Crippen LogP contribution in [0.2, 0.25) is 0 Å². The standard InChI is InChI=1S/C9H12N4S/c1-6-3-7(12-13(6)2)4-8-5-11-9(10)14-8/h3,5H,4H2,1-2H3,(H2,10,11). The van der Waals surface area contributed by atoms with E-state index in [1.807, 2.05) is 24.9 Å². The molecule has 2 aromatic heterocycles. The van der Waals surface area contributed by atoms with Gasteiger partial charge in [0.25, 0.3) is 0 Å². The van der Waals surface area contributed by atoms with Crippen LogP contribution in [0.1, 0.15) is 16.3 Å². The van der Waals surface area contributed by atoms with E-state index in [0.29, 0.717) is 5.13 Å². The maximum Gasteiger partial charge on any atom is 0.180 e. The number of anilines is 1. The van der Waals surface area contributed by atoms with Crippen LogP contribution in [0, 0.1) is 6.92 Å². The van der Waals surface area contributed by atoms with Crippen molar-refractivity contribution in [1.29, 1.82) is 0 Å². The van der Waals surface area contributed by atoms with Crippen LogP contribution in [0.15, 0.2) is 12.3 Å². The molecule has 2 N–H and O–H groups in total. The second-order valence-electron chi connectivity index (χ2n) is 3.24. The highest BCUT2D eigenvalue weighted by Gasteiger charge is 2.04. The van der Waals surface area contributed by atoms with E-state index in [1.54, 1.807) is 0 Å². The van der Waals surface area contributed by atoms with E-state index in [1.165, 1.54) is 11.3 Å². The smallest absolute Gasteiger partial charge is 0.180 e. The quantitative estimate of drug-likeness (QED) is 0.810. The summed E-state index contributed by atoms with van der Waals surface area (Å²) in [6.07, 6.45) is 2.63. The number of nitrogens with two attached hydrogens (primary N) is 1. The zero-order valence-corrected chi connectivity index (χ0v) is 9.01. The molecule has 0 saturated carbocycles. The summed E-state index contributed by atoms with van der Waals surface area (Å²) in [7, 11) is 1.94. The molecule has 14 heavy (non-hydrogen) atoms. The summed E-state index contributed by atoms with van der Waals surface area (Å²) in [5.41, 5.74) is 7.78. The lowest BCUT2D eigenvalue weighted by Crippen LogP contribution is -1.93. The van der Waals surface area contributed by atoms with E-state index in [9.17, 15) is 0 Å². The fourth-order valence-corrected chi connectivity index (χ4v) is 2.00. The summed E-state index contributed by atoms with van der Waals surface area (Å²) in [5, 5.41) is 4.99. The zero-order valence-electron chi connectivity index (χ0n) is 8.19. The SMILES string of the molecule is Cc1cc(Cc2cnc(N)s2)nn1C. The van der Waals surface area contributed by atoms with Crippen molar-refractivity contribution in [2.24, 2.45) is 7.05 Å². The molecule has 4 nitrogen and oxygen atoms in total. The van der Waals surface area contributed by atoms with Crippen molar-refractivity contribution in [3.8, 4) is 0 Å². The van der Waals surface area contributed by atoms with Crippen LogP contribution in [0.25, 0.3) is 0 Å². The number of hydrogen-bond acceptors (Lipinski definition) is 4. The third kappa shape index (κ3) is 1.77. The highest BCUT2D eigenvalue weighted by molar-refractivity contribution is 7.15. The molecule has 0 fully saturated rings. The number of aromatic nitrogens is 3. The molecule has 0 spiro atoms. The van der Waals surface area contributed by atoms with Crippen molar-refractivity contribution >= 4 is 16.5 Å². The van der Waals surface area contributed by atoms with Crippen LogP contribution < -0.4 is 5.73 Å². The summed E-state index contributed by atoms with van der Waals surface area (Å²) >= 11 is 1.52. The maximum atomic E-state index is 5.55. The van der Waals surface area contributed by atoms with Crippen molar-refractivity contribution in [1.82, 2.24) is 14.8 Å². The average Bonchev–Trinajstić information content (AvgIpc) is 2.62. The molecule has 0 aromatic carbocycles. The van der Waals surface area contributed by atoms with Crippen LogP contribution in [-0.2, 0) is 13.5 Å². The number of aryl methyl sites for hydroxylation is 2. The molecular formula is C9H12N4S. The van der Waals surface area contributed by atoms with Gasteiger partial charge in [-0.25, -0.2) is 4.98 Å². The van der Waals surface area contributed by atoms with Crippen LogP contribution >= 0.6 is 11.3 Å². The molecule has 74 valence electrons. The van der Waals surface area contributed by atoms with Crippen LogP contribution in [0.5, 0.6) is 0 Å². The van der Waals surface area contributed by atoms with Crippen LogP contribution in [-0.4, -0.2) is 14.8 Å². The molecule has 0 aliphatic rings. The summed E-state index contributed by atoms with van der Waals surface area (Å²) in [6, 6.07) is 2.08. The minimum absolute atomic E-state index is 0.618. The third-order valence-electron chi connectivity index (χ3n) is 2.09. The van der Waals surface area contributed by atoms with Gasteiger partial charge >= 0.3 is 0 Å². The molecule has 0 aliphatic heterocycles. The fraction of sp³-hybridized carbons (Fsp3) is 0.333. The van der Waals surface area contributed by atoms with E-state index in [2.05, 4.69) is 16.1 Å². The summed E-state index contributed by atoms with van der Waals surface area (Å²) in [4.78, 5) is 5.16. The molecule has 0 amide bonds. The van der Waals surface area contributed by atoms with E-state index in [0.717, 1.165) is 22.7 Å². The molecule has 2 heterocycles. The van der Waals surface area contributed by atoms with E-state index in [4.69, 9.17) is 5.73 Å². The highest BCUT2D eigenvalue weighted by Crippen LogP contribution is 2.18. The monoisotopic (exact) mass is 208 g/mol. The Bertz CT molecular complexity index is 424. The average molecular weight is 208 g/mol. The lowest BCUT2D eigenvalue weighted by molar-refractivity contribution is 0.726. The lowest BCUT2D eigenvalue weighted by Gasteiger charge is -1.90. The Balaban J connectivity index is 2.18. The van der Waals surface area contributed by atoms with Gasteiger partial charge in [-0.3, -0.25) is 4.68 Å². The largest absolute Gasteiger partial charge is 0.375 e. The van der Waals surface area contributed by atoms with Gasteiger partial charge in [0.2, 0.25) is 0 Å². The molecule has 0 aliphatic carbocycles. The van der Waals surface area contributed by atoms with Crippen LogP contribution in [0.3, 0.4) is 0 Å². The molecule has 0 bridgehead atoms. The second kappa shape index (κ2) is 3.42. The van der Waals surface area contributed by atoms with Gasteiger partial charge in [0.1, 0.15) is 0 Å². The minimum atomic E-state index is 0.618. The number of nitrogen functional groups attached to an aromatic ring is 1. The topological polar surface area (TPSA) is 56.7 Å². The summed E-state index contributed by atoms with van der Waals surface area (Å²) in [6.45, 7) is 2.04. The van der Waals surface area contributed by atoms with Gasteiger partial charge in [-0.1, -0.05) is 0 Å². The minimum Gasteiger partial charge on any atom is -0.375 e. The van der Waals surface area contributed by atoms with Gasteiger partial charge in [-0.2, -0.15) is 5.10 Å².